The Bertz CT molecular complexity index is 832. The van der Waals surface area contributed by atoms with Crippen molar-refractivity contribution >= 4 is 17.6 Å². The van der Waals surface area contributed by atoms with Crippen LogP contribution in [0.4, 0.5) is 10.5 Å². The molecule has 0 aliphatic carbocycles. The average molecular weight is 429 g/mol. The van der Waals surface area contributed by atoms with E-state index in [9.17, 15) is 9.59 Å². The van der Waals surface area contributed by atoms with Crippen LogP contribution in [-0.4, -0.2) is 55.7 Å². The van der Waals surface area contributed by atoms with Crippen LogP contribution in [0.5, 0.6) is 0 Å². The number of carbonyl (C=O) groups is 2. The molecule has 0 spiro atoms. The maximum atomic E-state index is 12.4. The van der Waals surface area contributed by atoms with Gasteiger partial charge in [0.15, 0.2) is 5.76 Å². The molecule has 1 aliphatic rings. The maximum absolute atomic E-state index is 12.4. The van der Waals surface area contributed by atoms with E-state index >= 15 is 0 Å². The van der Waals surface area contributed by atoms with Crippen LogP contribution in [0.3, 0.4) is 0 Å². The molecule has 1 aromatic carbocycles. The lowest BCUT2D eigenvalue weighted by atomic mass is 10.0. The van der Waals surface area contributed by atoms with Gasteiger partial charge in [-0.05, 0) is 42.2 Å². The van der Waals surface area contributed by atoms with Crippen molar-refractivity contribution in [2.45, 2.75) is 32.9 Å². The highest BCUT2D eigenvalue weighted by Gasteiger charge is 2.22. The van der Waals surface area contributed by atoms with Crippen molar-refractivity contribution in [1.29, 1.82) is 0 Å². The van der Waals surface area contributed by atoms with Gasteiger partial charge in [-0.15, -0.1) is 0 Å². The standard InChI is InChI=1S/C23H32N4O4/c1-17(2)13-20(27-8-11-30-12-9-27)16-25-23(29)24-15-18-5-3-6-19(14-18)26-22(28)21-7-4-10-31-21/h3-7,10,14,17,20H,8-9,11-13,15-16H2,1-2H3,(H,26,28)(H2,24,25,29). The number of ether oxygens (including phenoxy) is 1. The fraction of sp³-hybridized carbons (Fsp3) is 0.478. The second-order valence-corrected chi connectivity index (χ2v) is 8.13. The van der Waals surface area contributed by atoms with Crippen molar-refractivity contribution in [2.75, 3.05) is 38.2 Å². The minimum atomic E-state index is -0.313. The molecule has 168 valence electrons. The lowest BCUT2D eigenvalue weighted by molar-refractivity contribution is 0.0129. The van der Waals surface area contributed by atoms with Crippen LogP contribution in [0.2, 0.25) is 0 Å². The van der Waals surface area contributed by atoms with Gasteiger partial charge in [0.2, 0.25) is 0 Å². The number of morpholine rings is 1. The molecule has 3 rings (SSSR count). The van der Waals surface area contributed by atoms with Crippen LogP contribution < -0.4 is 16.0 Å². The van der Waals surface area contributed by atoms with E-state index in [1.165, 1.54) is 6.26 Å². The van der Waals surface area contributed by atoms with Gasteiger partial charge in [-0.1, -0.05) is 26.0 Å². The Morgan fingerprint density at radius 3 is 2.61 bits per heavy atom. The van der Waals surface area contributed by atoms with Gasteiger partial charge in [0.25, 0.3) is 5.91 Å². The normalized spacial score (nSPS) is 15.5. The van der Waals surface area contributed by atoms with Gasteiger partial charge < -0.3 is 25.1 Å². The largest absolute Gasteiger partial charge is 0.459 e. The van der Waals surface area contributed by atoms with E-state index in [2.05, 4.69) is 34.7 Å². The Labute approximate surface area is 183 Å². The second kappa shape index (κ2) is 11.5. The van der Waals surface area contributed by atoms with Crippen molar-refractivity contribution in [2.24, 2.45) is 5.92 Å². The summed E-state index contributed by atoms with van der Waals surface area (Å²) >= 11 is 0. The van der Waals surface area contributed by atoms with E-state index in [0.717, 1.165) is 38.3 Å². The summed E-state index contributed by atoms with van der Waals surface area (Å²) in [4.78, 5) is 26.9. The fourth-order valence-electron chi connectivity index (χ4n) is 3.66. The van der Waals surface area contributed by atoms with Crippen molar-refractivity contribution in [1.82, 2.24) is 15.5 Å². The van der Waals surface area contributed by atoms with Crippen LogP contribution in [0.25, 0.3) is 0 Å². The van der Waals surface area contributed by atoms with E-state index in [1.807, 2.05) is 18.2 Å². The number of rotatable bonds is 9. The molecule has 1 aromatic heterocycles. The van der Waals surface area contributed by atoms with E-state index in [0.29, 0.717) is 30.7 Å². The highest BCUT2D eigenvalue weighted by Crippen LogP contribution is 2.14. The lowest BCUT2D eigenvalue weighted by Crippen LogP contribution is -2.50. The topological polar surface area (TPSA) is 95.8 Å². The van der Waals surface area contributed by atoms with Gasteiger partial charge in [-0.25, -0.2) is 4.79 Å². The molecule has 0 saturated carbocycles. The number of anilines is 1. The van der Waals surface area contributed by atoms with Crippen molar-refractivity contribution in [3.05, 3.63) is 54.0 Å². The zero-order valence-electron chi connectivity index (χ0n) is 18.2. The Kier molecular flexibility index (Phi) is 8.49. The number of hydrogen-bond donors (Lipinski definition) is 3. The third-order valence-corrected chi connectivity index (χ3v) is 5.19. The predicted octanol–water partition coefficient (Wildman–Crippen LogP) is 3.08. The zero-order chi connectivity index (χ0) is 22.1. The average Bonchev–Trinajstić information content (AvgIpc) is 3.31. The molecule has 3 N–H and O–H groups in total. The van der Waals surface area contributed by atoms with Gasteiger partial charge in [0.05, 0.1) is 19.5 Å². The molecule has 1 aliphatic heterocycles. The molecule has 8 nitrogen and oxygen atoms in total. The molecule has 3 amide bonds. The molecule has 2 heterocycles. The fourth-order valence-corrected chi connectivity index (χ4v) is 3.66. The molecule has 8 heteroatoms. The van der Waals surface area contributed by atoms with E-state index in [-0.39, 0.29) is 17.7 Å². The van der Waals surface area contributed by atoms with Crippen LogP contribution in [0.1, 0.15) is 36.4 Å². The molecule has 1 atom stereocenters. The first-order valence-corrected chi connectivity index (χ1v) is 10.8. The highest BCUT2D eigenvalue weighted by atomic mass is 16.5. The number of nitrogens with one attached hydrogen (secondary N) is 3. The molecule has 0 radical (unpaired) electrons. The minimum absolute atomic E-state index is 0.202. The summed E-state index contributed by atoms with van der Waals surface area (Å²) < 4.78 is 10.6. The number of furan rings is 1. The summed E-state index contributed by atoms with van der Waals surface area (Å²) in [6.45, 7) is 8.65. The van der Waals surface area contributed by atoms with Gasteiger partial charge in [-0.3, -0.25) is 9.69 Å². The summed E-state index contributed by atoms with van der Waals surface area (Å²) in [7, 11) is 0. The number of nitrogens with zero attached hydrogens (tertiary/aromatic N) is 1. The molecule has 1 saturated heterocycles. The van der Waals surface area contributed by atoms with Crippen molar-refractivity contribution in [3.63, 3.8) is 0 Å². The van der Waals surface area contributed by atoms with Crippen LogP contribution in [0, 0.1) is 5.92 Å². The number of amides is 3. The number of carbonyl (C=O) groups excluding carboxylic acids is 2. The number of hydrogen-bond acceptors (Lipinski definition) is 5. The quantitative estimate of drug-likeness (QED) is 0.570. The summed E-state index contributed by atoms with van der Waals surface area (Å²) in [5.74, 6) is 0.489. The Morgan fingerprint density at radius 2 is 1.90 bits per heavy atom. The highest BCUT2D eigenvalue weighted by molar-refractivity contribution is 6.02. The van der Waals surface area contributed by atoms with Gasteiger partial charge in [-0.2, -0.15) is 0 Å². The third-order valence-electron chi connectivity index (χ3n) is 5.19. The SMILES string of the molecule is CC(C)CC(CNC(=O)NCc1cccc(NC(=O)c2ccco2)c1)N1CCOCC1. The maximum Gasteiger partial charge on any atom is 0.315 e. The molecular weight excluding hydrogens is 396 g/mol. The first-order chi connectivity index (χ1) is 15.0. The smallest absolute Gasteiger partial charge is 0.315 e. The van der Waals surface area contributed by atoms with Crippen LogP contribution in [0.15, 0.2) is 47.1 Å². The first-order valence-electron chi connectivity index (χ1n) is 10.8. The lowest BCUT2D eigenvalue weighted by Gasteiger charge is -2.35. The van der Waals surface area contributed by atoms with E-state index in [4.69, 9.17) is 9.15 Å². The molecule has 0 bridgehead atoms. The monoisotopic (exact) mass is 428 g/mol. The Morgan fingerprint density at radius 1 is 1.10 bits per heavy atom. The van der Waals surface area contributed by atoms with Crippen LogP contribution >= 0.6 is 0 Å². The van der Waals surface area contributed by atoms with Crippen molar-refractivity contribution < 1.29 is 18.7 Å². The van der Waals surface area contributed by atoms with Gasteiger partial charge >= 0.3 is 6.03 Å². The summed E-state index contributed by atoms with van der Waals surface area (Å²) in [6, 6.07) is 10.7. The van der Waals surface area contributed by atoms with E-state index in [1.54, 1.807) is 18.2 Å². The van der Waals surface area contributed by atoms with Gasteiger partial charge in [0.1, 0.15) is 0 Å². The Balaban J connectivity index is 1.46. The minimum Gasteiger partial charge on any atom is -0.459 e. The molecule has 2 aromatic rings. The predicted molar refractivity (Wildman–Crippen MR) is 119 cm³/mol. The second-order valence-electron chi connectivity index (χ2n) is 8.13. The molecule has 1 unspecified atom stereocenters. The molecular formula is C23H32N4O4. The zero-order valence-corrected chi connectivity index (χ0v) is 18.2. The number of urea groups is 1. The summed E-state index contributed by atoms with van der Waals surface area (Å²) in [6.07, 6.45) is 2.48. The van der Waals surface area contributed by atoms with E-state index < -0.39 is 0 Å². The summed E-state index contributed by atoms with van der Waals surface area (Å²) in [5, 5.41) is 8.69. The number of benzene rings is 1. The summed E-state index contributed by atoms with van der Waals surface area (Å²) in [5.41, 5.74) is 1.53. The van der Waals surface area contributed by atoms with Gasteiger partial charge in [0, 0.05) is 37.9 Å². The Hall–Kier alpha value is -2.84. The third kappa shape index (κ3) is 7.41. The first kappa shape index (κ1) is 22.8. The molecule has 31 heavy (non-hydrogen) atoms. The van der Waals surface area contributed by atoms with Crippen LogP contribution in [-0.2, 0) is 11.3 Å². The van der Waals surface area contributed by atoms with Crippen molar-refractivity contribution in [3.8, 4) is 0 Å². The molecule has 1 fully saturated rings.